The quantitative estimate of drug-likeness (QED) is 0.651. The third-order valence-electron chi connectivity index (χ3n) is 5.08. The van der Waals surface area contributed by atoms with Gasteiger partial charge in [0.15, 0.2) is 0 Å². The van der Waals surface area contributed by atoms with E-state index < -0.39 is 0 Å². The van der Waals surface area contributed by atoms with E-state index in [4.69, 9.17) is 9.72 Å². The first-order valence-electron chi connectivity index (χ1n) is 9.63. The highest BCUT2D eigenvalue weighted by Crippen LogP contribution is 2.34. The van der Waals surface area contributed by atoms with Gasteiger partial charge in [0.1, 0.15) is 4.83 Å². The Bertz CT molecular complexity index is 1080. The Kier molecular flexibility index (Phi) is 5.17. The minimum atomic E-state index is -0.377. The highest BCUT2D eigenvalue weighted by molar-refractivity contribution is 7.18. The number of methoxy groups -OCH3 is 1. The molecule has 146 valence electrons. The first-order chi connectivity index (χ1) is 13.6. The molecule has 1 aromatic carbocycles. The normalized spacial score (nSPS) is 13.4. The van der Waals surface area contributed by atoms with E-state index in [-0.39, 0.29) is 11.5 Å². The summed E-state index contributed by atoms with van der Waals surface area (Å²) in [6, 6.07) is 6.97. The summed E-state index contributed by atoms with van der Waals surface area (Å²) in [4.78, 5) is 31.8. The van der Waals surface area contributed by atoms with Crippen LogP contribution in [0.4, 0.5) is 11.6 Å². The summed E-state index contributed by atoms with van der Waals surface area (Å²) >= 11 is 1.65. The fourth-order valence-corrected chi connectivity index (χ4v) is 4.95. The first-order valence-corrected chi connectivity index (χ1v) is 10.4. The van der Waals surface area contributed by atoms with Crippen molar-refractivity contribution < 1.29 is 9.53 Å². The van der Waals surface area contributed by atoms with Crippen LogP contribution in [0.25, 0.3) is 10.2 Å². The van der Waals surface area contributed by atoms with Gasteiger partial charge in [-0.3, -0.25) is 9.36 Å². The van der Waals surface area contributed by atoms with Crippen molar-refractivity contribution in [1.29, 1.82) is 0 Å². The van der Waals surface area contributed by atoms with Crippen molar-refractivity contribution in [3.63, 3.8) is 0 Å². The predicted octanol–water partition coefficient (Wildman–Crippen LogP) is 4.28. The van der Waals surface area contributed by atoms with Gasteiger partial charge in [0.05, 0.1) is 18.1 Å². The molecule has 1 aliphatic carbocycles. The average molecular weight is 398 g/mol. The van der Waals surface area contributed by atoms with E-state index >= 15 is 0 Å². The van der Waals surface area contributed by atoms with Gasteiger partial charge in [-0.15, -0.1) is 11.3 Å². The van der Waals surface area contributed by atoms with Crippen LogP contribution >= 0.6 is 11.3 Å². The van der Waals surface area contributed by atoms with Crippen LogP contribution in [0.15, 0.2) is 29.1 Å². The van der Waals surface area contributed by atoms with E-state index in [2.05, 4.69) is 12.2 Å². The van der Waals surface area contributed by atoms with Crippen LogP contribution in [-0.2, 0) is 24.1 Å². The summed E-state index contributed by atoms with van der Waals surface area (Å²) in [7, 11) is 1.36. The van der Waals surface area contributed by atoms with E-state index in [1.807, 2.05) is 0 Å². The maximum absolute atomic E-state index is 13.3. The van der Waals surface area contributed by atoms with Gasteiger partial charge >= 0.3 is 5.97 Å². The Balaban J connectivity index is 1.76. The van der Waals surface area contributed by atoms with Crippen molar-refractivity contribution in [2.24, 2.45) is 0 Å². The second-order valence-electron chi connectivity index (χ2n) is 6.98. The molecule has 3 aromatic rings. The molecule has 0 unspecified atom stereocenters. The van der Waals surface area contributed by atoms with Gasteiger partial charge in [-0.05, 0) is 61.9 Å². The van der Waals surface area contributed by atoms with Crippen molar-refractivity contribution in [3.05, 3.63) is 50.6 Å². The fraction of sp³-hybridized carbons (Fsp3) is 0.381. The highest BCUT2D eigenvalue weighted by Gasteiger charge is 2.22. The lowest BCUT2D eigenvalue weighted by Gasteiger charge is -2.14. The van der Waals surface area contributed by atoms with Crippen LogP contribution in [0.1, 0.15) is 47.0 Å². The number of carbonyl (C=O) groups is 1. The van der Waals surface area contributed by atoms with Crippen LogP contribution in [-0.4, -0.2) is 22.6 Å². The fourth-order valence-electron chi connectivity index (χ4n) is 3.70. The molecular formula is C21H23N3O3S. The molecule has 0 saturated heterocycles. The van der Waals surface area contributed by atoms with Crippen molar-refractivity contribution in [1.82, 2.24) is 9.55 Å². The lowest BCUT2D eigenvalue weighted by molar-refractivity contribution is 0.0601. The molecule has 4 rings (SSSR count). The molecule has 0 atom stereocenters. The largest absolute Gasteiger partial charge is 0.465 e. The Labute approximate surface area is 167 Å². The Morgan fingerprint density at radius 3 is 2.71 bits per heavy atom. The standard InChI is InChI=1S/C21H23N3O3S/c1-3-12-24-19(25)17-15-6-4-5-7-16(15)28-18(17)23-21(24)22-14-10-8-13(9-11-14)20(26)27-2/h8-11H,3-7,12H2,1-2H3,(H,22,23). The number of carbonyl (C=O) groups excluding carboxylic acids is 1. The van der Waals surface area contributed by atoms with Gasteiger partial charge < -0.3 is 10.1 Å². The van der Waals surface area contributed by atoms with Crippen LogP contribution in [0.2, 0.25) is 0 Å². The second-order valence-corrected chi connectivity index (χ2v) is 8.06. The summed E-state index contributed by atoms with van der Waals surface area (Å²) < 4.78 is 6.47. The molecule has 2 heterocycles. The zero-order valence-electron chi connectivity index (χ0n) is 16.1. The maximum Gasteiger partial charge on any atom is 0.337 e. The number of nitrogens with one attached hydrogen (secondary N) is 1. The van der Waals surface area contributed by atoms with Crippen molar-refractivity contribution in [2.75, 3.05) is 12.4 Å². The molecule has 0 spiro atoms. The zero-order valence-corrected chi connectivity index (χ0v) is 16.9. The van der Waals surface area contributed by atoms with Crippen LogP contribution in [0, 0.1) is 0 Å². The minimum Gasteiger partial charge on any atom is -0.465 e. The van der Waals surface area contributed by atoms with Gasteiger partial charge in [0.2, 0.25) is 5.95 Å². The molecule has 1 N–H and O–H groups in total. The smallest absolute Gasteiger partial charge is 0.337 e. The topological polar surface area (TPSA) is 73.2 Å². The first kappa shape index (κ1) is 18.7. The number of anilines is 2. The Morgan fingerprint density at radius 2 is 2.00 bits per heavy atom. The number of benzene rings is 1. The van der Waals surface area contributed by atoms with E-state index in [0.29, 0.717) is 18.1 Å². The summed E-state index contributed by atoms with van der Waals surface area (Å²) in [5.74, 6) is 0.168. The number of hydrogen-bond acceptors (Lipinski definition) is 6. The third-order valence-corrected chi connectivity index (χ3v) is 6.27. The van der Waals surface area contributed by atoms with E-state index in [1.165, 1.54) is 24.0 Å². The monoisotopic (exact) mass is 397 g/mol. The molecule has 28 heavy (non-hydrogen) atoms. The molecule has 2 aromatic heterocycles. The Morgan fingerprint density at radius 1 is 1.25 bits per heavy atom. The van der Waals surface area contributed by atoms with Gasteiger partial charge in [0.25, 0.3) is 5.56 Å². The zero-order chi connectivity index (χ0) is 19.7. The van der Waals surface area contributed by atoms with Crippen molar-refractivity contribution >= 4 is 39.2 Å². The molecule has 6 nitrogen and oxygen atoms in total. The number of fused-ring (bicyclic) bond motifs is 3. The van der Waals surface area contributed by atoms with E-state index in [0.717, 1.165) is 41.6 Å². The number of rotatable bonds is 5. The molecule has 1 aliphatic rings. The predicted molar refractivity (Wildman–Crippen MR) is 112 cm³/mol. The van der Waals surface area contributed by atoms with Gasteiger partial charge in [0, 0.05) is 17.1 Å². The van der Waals surface area contributed by atoms with Crippen LogP contribution < -0.4 is 10.9 Å². The van der Waals surface area contributed by atoms with E-state index in [9.17, 15) is 9.59 Å². The second kappa shape index (κ2) is 7.75. The number of nitrogens with zero attached hydrogens (tertiary/aromatic N) is 2. The summed E-state index contributed by atoms with van der Waals surface area (Å²) in [5, 5.41) is 4.07. The van der Waals surface area contributed by atoms with E-state index in [1.54, 1.807) is 40.2 Å². The Hall–Kier alpha value is -2.67. The molecule has 0 saturated carbocycles. The number of esters is 1. The summed E-state index contributed by atoms with van der Waals surface area (Å²) in [6.45, 7) is 2.66. The van der Waals surface area contributed by atoms with Gasteiger partial charge in [-0.2, -0.15) is 0 Å². The average Bonchev–Trinajstić information content (AvgIpc) is 3.09. The highest BCUT2D eigenvalue weighted by atomic mass is 32.1. The summed E-state index contributed by atoms with van der Waals surface area (Å²) in [6.07, 6.45) is 5.18. The molecule has 7 heteroatoms. The molecule has 0 fully saturated rings. The maximum atomic E-state index is 13.3. The number of aryl methyl sites for hydroxylation is 2. The molecule has 0 bridgehead atoms. The molecular weight excluding hydrogens is 374 g/mol. The van der Waals surface area contributed by atoms with Crippen LogP contribution in [0.3, 0.4) is 0 Å². The summed E-state index contributed by atoms with van der Waals surface area (Å²) in [5.41, 5.74) is 2.50. The van der Waals surface area contributed by atoms with Crippen molar-refractivity contribution in [2.45, 2.75) is 45.6 Å². The van der Waals surface area contributed by atoms with Gasteiger partial charge in [-0.1, -0.05) is 6.92 Å². The molecule has 0 amide bonds. The molecule has 0 aliphatic heterocycles. The lowest BCUT2D eigenvalue weighted by atomic mass is 9.97. The number of hydrogen-bond donors (Lipinski definition) is 1. The lowest BCUT2D eigenvalue weighted by Crippen LogP contribution is -2.24. The SMILES string of the molecule is CCCn1c(Nc2ccc(C(=O)OC)cc2)nc2sc3c(c2c1=O)CCCC3. The van der Waals surface area contributed by atoms with Crippen LogP contribution in [0.5, 0.6) is 0 Å². The molecule has 0 radical (unpaired) electrons. The third kappa shape index (κ3) is 3.30. The minimum absolute atomic E-state index is 0.0416. The number of thiophene rings is 1. The van der Waals surface area contributed by atoms with Crippen molar-refractivity contribution in [3.8, 4) is 0 Å². The number of ether oxygens (including phenoxy) is 1. The number of aromatic nitrogens is 2. The van der Waals surface area contributed by atoms with Gasteiger partial charge in [-0.25, -0.2) is 9.78 Å².